The van der Waals surface area contributed by atoms with Crippen LogP contribution in [0.25, 0.3) is 10.2 Å². The van der Waals surface area contributed by atoms with Gasteiger partial charge in [-0.25, -0.2) is 13.8 Å². The molecule has 3 rings (SSSR count). The standard InChI is InChI=1S/C17H14F2N2OS/c18-12-9-8-11(10-13(12)19)20-16(22)6-3-7-17-21-14-4-1-2-5-15(14)23-17/h1-2,4-5,8-10H,3,6-7H2,(H,20,22). The molecule has 0 bridgehead atoms. The number of nitrogens with zero attached hydrogens (tertiary/aromatic N) is 1. The molecule has 23 heavy (non-hydrogen) atoms. The van der Waals surface area contributed by atoms with Gasteiger partial charge in [-0.1, -0.05) is 12.1 Å². The molecule has 0 aliphatic carbocycles. The fourth-order valence-corrected chi connectivity index (χ4v) is 3.23. The highest BCUT2D eigenvalue weighted by Crippen LogP contribution is 2.22. The van der Waals surface area contributed by atoms with Gasteiger partial charge >= 0.3 is 0 Å². The topological polar surface area (TPSA) is 42.0 Å². The summed E-state index contributed by atoms with van der Waals surface area (Å²) in [6, 6.07) is 11.2. The number of hydrogen-bond acceptors (Lipinski definition) is 3. The van der Waals surface area contributed by atoms with E-state index in [1.54, 1.807) is 11.3 Å². The number of halogens is 2. The monoisotopic (exact) mass is 332 g/mol. The zero-order valence-electron chi connectivity index (χ0n) is 12.2. The number of anilines is 1. The van der Waals surface area contributed by atoms with Gasteiger partial charge in [-0.2, -0.15) is 0 Å². The SMILES string of the molecule is O=C(CCCc1nc2ccccc2s1)Nc1ccc(F)c(F)c1. The van der Waals surface area contributed by atoms with Crippen molar-refractivity contribution >= 4 is 33.1 Å². The first-order valence-corrected chi connectivity index (χ1v) is 8.03. The number of rotatable bonds is 5. The van der Waals surface area contributed by atoms with Crippen LogP contribution in [0.4, 0.5) is 14.5 Å². The maximum absolute atomic E-state index is 13.1. The molecule has 0 saturated carbocycles. The summed E-state index contributed by atoms with van der Waals surface area (Å²) in [4.78, 5) is 16.3. The highest BCUT2D eigenvalue weighted by Gasteiger charge is 2.08. The maximum atomic E-state index is 13.1. The Morgan fingerprint density at radius 3 is 2.74 bits per heavy atom. The van der Waals surface area contributed by atoms with E-state index in [9.17, 15) is 13.6 Å². The number of hydrogen-bond donors (Lipinski definition) is 1. The summed E-state index contributed by atoms with van der Waals surface area (Å²) < 4.78 is 27.0. The molecule has 0 unspecified atom stereocenters. The molecule has 1 N–H and O–H groups in total. The van der Waals surface area contributed by atoms with Gasteiger partial charge in [-0.05, 0) is 37.1 Å². The fourth-order valence-electron chi connectivity index (χ4n) is 2.22. The molecule has 3 aromatic rings. The normalized spacial score (nSPS) is 10.9. The van der Waals surface area contributed by atoms with E-state index in [-0.39, 0.29) is 11.6 Å². The Bertz CT molecular complexity index is 814. The molecule has 1 amide bonds. The smallest absolute Gasteiger partial charge is 0.224 e. The number of carbonyl (C=O) groups is 1. The van der Waals surface area contributed by atoms with Crippen molar-refractivity contribution in [2.75, 3.05) is 5.32 Å². The van der Waals surface area contributed by atoms with Crippen molar-refractivity contribution in [3.8, 4) is 0 Å². The summed E-state index contributed by atoms with van der Waals surface area (Å²) in [5, 5.41) is 3.55. The summed E-state index contributed by atoms with van der Waals surface area (Å²) in [6.07, 6.45) is 1.66. The van der Waals surface area contributed by atoms with Crippen LogP contribution in [0.15, 0.2) is 42.5 Å². The van der Waals surface area contributed by atoms with Gasteiger partial charge in [0.15, 0.2) is 11.6 Å². The van der Waals surface area contributed by atoms with E-state index < -0.39 is 11.6 Å². The number of benzene rings is 2. The van der Waals surface area contributed by atoms with E-state index in [0.717, 1.165) is 27.4 Å². The quantitative estimate of drug-likeness (QED) is 0.745. The van der Waals surface area contributed by atoms with Gasteiger partial charge in [-0.15, -0.1) is 11.3 Å². The Hall–Kier alpha value is -2.34. The van der Waals surface area contributed by atoms with Crippen LogP contribution in [-0.4, -0.2) is 10.9 Å². The van der Waals surface area contributed by atoms with E-state index in [1.165, 1.54) is 6.07 Å². The lowest BCUT2D eigenvalue weighted by Crippen LogP contribution is -2.11. The number of aromatic nitrogens is 1. The molecule has 1 aromatic heterocycles. The number of aryl methyl sites for hydroxylation is 1. The molecule has 3 nitrogen and oxygen atoms in total. The molecule has 0 radical (unpaired) electrons. The average Bonchev–Trinajstić information content (AvgIpc) is 2.93. The third-order valence-electron chi connectivity index (χ3n) is 3.34. The second-order valence-corrected chi connectivity index (χ2v) is 6.22. The fraction of sp³-hybridized carbons (Fsp3) is 0.176. The summed E-state index contributed by atoms with van der Waals surface area (Å²) in [6.45, 7) is 0. The van der Waals surface area contributed by atoms with E-state index in [4.69, 9.17) is 0 Å². The minimum absolute atomic E-state index is 0.225. The largest absolute Gasteiger partial charge is 0.326 e. The molecular formula is C17H14F2N2OS. The Balaban J connectivity index is 1.51. The molecule has 0 saturated heterocycles. The molecule has 118 valence electrons. The Labute approximate surface area is 136 Å². The molecule has 1 heterocycles. The Kier molecular flexibility index (Phi) is 4.62. The van der Waals surface area contributed by atoms with Crippen molar-refractivity contribution in [2.45, 2.75) is 19.3 Å². The van der Waals surface area contributed by atoms with Crippen LogP contribution in [0, 0.1) is 11.6 Å². The van der Waals surface area contributed by atoms with Gasteiger partial charge in [0, 0.05) is 18.2 Å². The summed E-state index contributed by atoms with van der Waals surface area (Å²) >= 11 is 1.62. The summed E-state index contributed by atoms with van der Waals surface area (Å²) in [5.74, 6) is -2.13. The first kappa shape index (κ1) is 15.6. The predicted molar refractivity (Wildman–Crippen MR) is 87.5 cm³/mol. The molecular weight excluding hydrogens is 318 g/mol. The zero-order valence-corrected chi connectivity index (χ0v) is 13.0. The van der Waals surface area contributed by atoms with Gasteiger partial charge in [0.05, 0.1) is 15.2 Å². The van der Waals surface area contributed by atoms with Crippen molar-refractivity contribution < 1.29 is 13.6 Å². The van der Waals surface area contributed by atoms with E-state index >= 15 is 0 Å². The van der Waals surface area contributed by atoms with Crippen LogP contribution in [0.2, 0.25) is 0 Å². The summed E-state index contributed by atoms with van der Waals surface area (Å²) in [5.41, 5.74) is 1.23. The van der Waals surface area contributed by atoms with Crippen molar-refractivity contribution in [2.24, 2.45) is 0 Å². The number of fused-ring (bicyclic) bond motifs is 1. The van der Waals surface area contributed by atoms with Crippen LogP contribution in [-0.2, 0) is 11.2 Å². The molecule has 0 aliphatic rings. The van der Waals surface area contributed by atoms with E-state index in [0.29, 0.717) is 19.3 Å². The van der Waals surface area contributed by atoms with Gasteiger partial charge in [-0.3, -0.25) is 4.79 Å². The third kappa shape index (κ3) is 3.90. The second kappa shape index (κ2) is 6.83. The van der Waals surface area contributed by atoms with Crippen LogP contribution >= 0.6 is 11.3 Å². The molecule has 6 heteroatoms. The van der Waals surface area contributed by atoms with Crippen LogP contribution in [0.3, 0.4) is 0 Å². The second-order valence-electron chi connectivity index (χ2n) is 5.11. The number of carbonyl (C=O) groups excluding carboxylic acids is 1. The zero-order chi connectivity index (χ0) is 16.2. The highest BCUT2D eigenvalue weighted by molar-refractivity contribution is 7.18. The lowest BCUT2D eigenvalue weighted by Gasteiger charge is -2.05. The molecule has 0 atom stereocenters. The minimum atomic E-state index is -0.975. The third-order valence-corrected chi connectivity index (χ3v) is 4.43. The van der Waals surface area contributed by atoms with Crippen molar-refractivity contribution in [3.63, 3.8) is 0 Å². The lowest BCUT2D eigenvalue weighted by molar-refractivity contribution is -0.116. The lowest BCUT2D eigenvalue weighted by atomic mass is 10.2. The first-order valence-electron chi connectivity index (χ1n) is 7.21. The predicted octanol–water partition coefficient (Wildman–Crippen LogP) is 4.54. The molecule has 2 aromatic carbocycles. The van der Waals surface area contributed by atoms with Crippen molar-refractivity contribution in [3.05, 3.63) is 59.1 Å². The Morgan fingerprint density at radius 1 is 1.13 bits per heavy atom. The number of thiazole rings is 1. The van der Waals surface area contributed by atoms with E-state index in [2.05, 4.69) is 10.3 Å². The number of para-hydroxylation sites is 1. The number of nitrogens with one attached hydrogen (secondary N) is 1. The van der Waals surface area contributed by atoms with Crippen LogP contribution in [0.5, 0.6) is 0 Å². The number of amides is 1. The first-order chi connectivity index (χ1) is 11.1. The van der Waals surface area contributed by atoms with Gasteiger partial charge in [0.1, 0.15) is 0 Å². The maximum Gasteiger partial charge on any atom is 0.224 e. The minimum Gasteiger partial charge on any atom is -0.326 e. The molecule has 0 aliphatic heterocycles. The highest BCUT2D eigenvalue weighted by atomic mass is 32.1. The van der Waals surface area contributed by atoms with Crippen molar-refractivity contribution in [1.29, 1.82) is 0 Å². The van der Waals surface area contributed by atoms with Crippen molar-refractivity contribution in [1.82, 2.24) is 4.98 Å². The van der Waals surface area contributed by atoms with E-state index in [1.807, 2.05) is 24.3 Å². The van der Waals surface area contributed by atoms with Gasteiger partial charge in [0.25, 0.3) is 0 Å². The van der Waals surface area contributed by atoms with Crippen LogP contribution < -0.4 is 5.32 Å². The van der Waals surface area contributed by atoms with Gasteiger partial charge in [0.2, 0.25) is 5.91 Å². The molecule has 0 spiro atoms. The van der Waals surface area contributed by atoms with Gasteiger partial charge < -0.3 is 5.32 Å². The Morgan fingerprint density at radius 2 is 1.96 bits per heavy atom. The summed E-state index contributed by atoms with van der Waals surface area (Å²) in [7, 11) is 0. The average molecular weight is 332 g/mol. The molecule has 0 fully saturated rings. The van der Waals surface area contributed by atoms with Crippen LogP contribution in [0.1, 0.15) is 17.8 Å².